The molecule has 2 aromatic heterocycles. The smallest absolute Gasteiger partial charge is 0.417 e. The first-order chi connectivity index (χ1) is 18.5. The van der Waals surface area contributed by atoms with Crippen LogP contribution in [0.1, 0.15) is 45.7 Å². The molecule has 3 heterocycles. The molecule has 2 amide bonds. The molecule has 2 aromatic carbocycles. The number of aryl methyl sites for hydroxylation is 1. The number of alkyl halides is 3. The van der Waals surface area contributed by atoms with Gasteiger partial charge in [0.25, 0.3) is 11.8 Å². The van der Waals surface area contributed by atoms with Gasteiger partial charge in [0.2, 0.25) is 0 Å². The van der Waals surface area contributed by atoms with Gasteiger partial charge in [-0.15, -0.1) is 0 Å². The van der Waals surface area contributed by atoms with Gasteiger partial charge in [-0.25, -0.2) is 4.98 Å². The number of nitrogen functional groups attached to an aromatic ring is 1. The van der Waals surface area contributed by atoms with Gasteiger partial charge in [0.05, 0.1) is 35.0 Å². The van der Waals surface area contributed by atoms with E-state index in [4.69, 9.17) is 10.5 Å². The molecular weight excluding hydrogens is 511 g/mol. The highest BCUT2D eigenvalue weighted by Crippen LogP contribution is 2.34. The lowest BCUT2D eigenvalue weighted by atomic mass is 10.0. The van der Waals surface area contributed by atoms with Gasteiger partial charge in [-0.2, -0.15) is 13.2 Å². The largest absolute Gasteiger partial charge is 0.482 e. The van der Waals surface area contributed by atoms with E-state index in [1.807, 2.05) is 13.0 Å². The number of amides is 2. The van der Waals surface area contributed by atoms with Gasteiger partial charge < -0.3 is 20.7 Å². The number of halogens is 3. The lowest BCUT2D eigenvalue weighted by Gasteiger charge is -2.30. The number of nitrogens with two attached hydrogens (primary N) is 1. The van der Waals surface area contributed by atoms with E-state index in [0.717, 1.165) is 23.2 Å². The number of aromatic nitrogens is 2. The highest BCUT2D eigenvalue weighted by molar-refractivity contribution is 5.99. The van der Waals surface area contributed by atoms with E-state index in [1.165, 1.54) is 11.0 Å². The van der Waals surface area contributed by atoms with Crippen molar-refractivity contribution in [1.29, 1.82) is 0 Å². The van der Waals surface area contributed by atoms with E-state index < -0.39 is 17.8 Å². The van der Waals surface area contributed by atoms with Gasteiger partial charge >= 0.3 is 6.18 Å². The zero-order valence-corrected chi connectivity index (χ0v) is 21.0. The van der Waals surface area contributed by atoms with Crippen molar-refractivity contribution in [2.45, 2.75) is 32.6 Å². The minimum absolute atomic E-state index is 0.0604. The third-order valence-corrected chi connectivity index (χ3v) is 6.62. The van der Waals surface area contributed by atoms with Crippen LogP contribution in [-0.2, 0) is 17.5 Å². The van der Waals surface area contributed by atoms with Crippen LogP contribution in [0.4, 0.5) is 24.7 Å². The van der Waals surface area contributed by atoms with Crippen molar-refractivity contribution in [3.8, 4) is 5.75 Å². The van der Waals surface area contributed by atoms with E-state index in [1.54, 1.807) is 43.3 Å². The Morgan fingerprint density at radius 2 is 1.95 bits per heavy atom. The minimum atomic E-state index is -4.52. The number of benzene rings is 2. The Kier molecular flexibility index (Phi) is 6.59. The fourth-order valence-corrected chi connectivity index (χ4v) is 4.38. The lowest BCUT2D eigenvalue weighted by molar-refractivity contribution is -0.137. The van der Waals surface area contributed by atoms with Crippen molar-refractivity contribution in [2.24, 2.45) is 0 Å². The molecule has 8 nitrogen and oxygen atoms in total. The summed E-state index contributed by atoms with van der Waals surface area (Å²) < 4.78 is 44.6. The van der Waals surface area contributed by atoms with E-state index in [0.29, 0.717) is 33.9 Å². The summed E-state index contributed by atoms with van der Waals surface area (Å²) in [4.78, 5) is 35.6. The van der Waals surface area contributed by atoms with Crippen molar-refractivity contribution in [3.63, 3.8) is 0 Å². The molecule has 0 saturated carbocycles. The molecule has 39 heavy (non-hydrogen) atoms. The topological polar surface area (TPSA) is 110 Å². The van der Waals surface area contributed by atoms with Crippen LogP contribution in [0.2, 0.25) is 0 Å². The first kappa shape index (κ1) is 26.0. The number of nitrogens with one attached hydrogen (secondary N) is 1. The minimum Gasteiger partial charge on any atom is -0.482 e. The van der Waals surface area contributed by atoms with Crippen LogP contribution in [0, 0.1) is 6.92 Å². The molecule has 0 aliphatic carbocycles. The molecule has 200 valence electrons. The summed E-state index contributed by atoms with van der Waals surface area (Å²) in [5.41, 5.74) is 8.24. The molecule has 0 spiro atoms. The van der Waals surface area contributed by atoms with Crippen LogP contribution in [-0.4, -0.2) is 33.3 Å². The number of carbonyl (C=O) groups is 2. The fraction of sp³-hybridized carbons (Fsp3) is 0.214. The van der Waals surface area contributed by atoms with Crippen LogP contribution < -0.4 is 15.8 Å². The summed E-state index contributed by atoms with van der Waals surface area (Å²) in [5.74, 6) is 0.242. The third-order valence-electron chi connectivity index (χ3n) is 6.62. The number of pyridine rings is 2. The second-order valence-electron chi connectivity index (χ2n) is 9.34. The number of ether oxygens (including phenoxy) is 1. The van der Waals surface area contributed by atoms with Gasteiger partial charge in [0.15, 0.2) is 6.61 Å². The average Bonchev–Trinajstić information content (AvgIpc) is 2.90. The van der Waals surface area contributed by atoms with E-state index in [9.17, 15) is 22.8 Å². The summed E-state index contributed by atoms with van der Waals surface area (Å²) in [5, 5.41) is 3.48. The fourth-order valence-electron chi connectivity index (χ4n) is 4.38. The zero-order valence-electron chi connectivity index (χ0n) is 21.0. The molecule has 0 radical (unpaired) electrons. The standard InChI is InChI=1S/C28H24F3N5O3/c1-15-9-19-10-18(3-7-22(19)35-26(15)32)27(38)36(13-21-6-5-20(12-33-21)28(29,30)31)16(2)17-4-8-24-23(11-17)34-25(37)14-39-24/h3-12,16H,13-14H2,1-2H3,(H2,32,35)(H,34,37). The molecule has 5 rings (SSSR count). The second kappa shape index (κ2) is 9.90. The van der Waals surface area contributed by atoms with E-state index >= 15 is 0 Å². The predicted molar refractivity (Wildman–Crippen MR) is 139 cm³/mol. The Morgan fingerprint density at radius 1 is 1.15 bits per heavy atom. The van der Waals surface area contributed by atoms with E-state index in [2.05, 4.69) is 15.3 Å². The lowest BCUT2D eigenvalue weighted by Crippen LogP contribution is -2.34. The molecule has 1 aliphatic rings. The molecule has 0 saturated heterocycles. The predicted octanol–water partition coefficient (Wildman–Crippen LogP) is 5.27. The summed E-state index contributed by atoms with van der Waals surface area (Å²) in [6.07, 6.45) is -3.77. The summed E-state index contributed by atoms with van der Waals surface area (Å²) in [6, 6.07) is 13.7. The molecule has 1 unspecified atom stereocenters. The quantitative estimate of drug-likeness (QED) is 0.360. The Balaban J connectivity index is 1.52. The summed E-state index contributed by atoms with van der Waals surface area (Å²) in [7, 11) is 0. The van der Waals surface area contributed by atoms with Crippen LogP contribution >= 0.6 is 0 Å². The maximum Gasteiger partial charge on any atom is 0.417 e. The molecule has 4 aromatic rings. The number of carbonyl (C=O) groups excluding carboxylic acids is 2. The van der Waals surface area contributed by atoms with Crippen molar-refractivity contribution in [1.82, 2.24) is 14.9 Å². The average molecular weight is 536 g/mol. The molecule has 3 N–H and O–H groups in total. The Morgan fingerprint density at radius 3 is 2.67 bits per heavy atom. The number of hydrogen-bond acceptors (Lipinski definition) is 6. The third kappa shape index (κ3) is 5.33. The Hall–Kier alpha value is -4.67. The molecule has 1 aliphatic heterocycles. The maximum absolute atomic E-state index is 13.9. The Bertz CT molecular complexity index is 1590. The number of hydrogen-bond donors (Lipinski definition) is 2. The number of rotatable bonds is 5. The van der Waals surface area contributed by atoms with Crippen molar-refractivity contribution < 1.29 is 27.5 Å². The molecule has 1 atom stereocenters. The maximum atomic E-state index is 13.9. The highest BCUT2D eigenvalue weighted by Gasteiger charge is 2.31. The normalized spacial score (nSPS) is 13.8. The SMILES string of the molecule is Cc1cc2cc(C(=O)N(Cc3ccc(C(F)(F)F)cn3)C(C)c3ccc4c(c3)NC(=O)CO4)ccc2nc1N. The molecule has 11 heteroatoms. The summed E-state index contributed by atoms with van der Waals surface area (Å²) in [6.45, 7) is 3.46. The highest BCUT2D eigenvalue weighted by atomic mass is 19.4. The summed E-state index contributed by atoms with van der Waals surface area (Å²) >= 11 is 0. The van der Waals surface area contributed by atoms with E-state index in [-0.39, 0.29) is 30.7 Å². The van der Waals surface area contributed by atoms with Gasteiger partial charge in [-0.05, 0) is 73.5 Å². The first-order valence-corrected chi connectivity index (χ1v) is 12.1. The van der Waals surface area contributed by atoms with Gasteiger partial charge in [0.1, 0.15) is 11.6 Å². The molecule has 0 fully saturated rings. The first-order valence-electron chi connectivity index (χ1n) is 12.1. The molecular formula is C28H24F3N5O3. The number of fused-ring (bicyclic) bond motifs is 2. The monoisotopic (exact) mass is 535 g/mol. The number of anilines is 2. The van der Waals surface area contributed by atoms with Gasteiger partial charge in [-0.1, -0.05) is 6.07 Å². The second-order valence-corrected chi connectivity index (χ2v) is 9.34. The van der Waals surface area contributed by atoms with Crippen LogP contribution in [0.3, 0.4) is 0 Å². The molecule has 0 bridgehead atoms. The van der Waals surface area contributed by atoms with Crippen LogP contribution in [0.25, 0.3) is 10.9 Å². The van der Waals surface area contributed by atoms with Gasteiger partial charge in [0, 0.05) is 17.1 Å². The van der Waals surface area contributed by atoms with Crippen LogP contribution in [0.15, 0.2) is 60.8 Å². The van der Waals surface area contributed by atoms with Gasteiger partial charge in [-0.3, -0.25) is 14.6 Å². The zero-order chi connectivity index (χ0) is 27.9. The number of nitrogens with zero attached hydrogens (tertiary/aromatic N) is 3. The van der Waals surface area contributed by atoms with Crippen molar-refractivity contribution >= 4 is 34.2 Å². The Labute approximate surface area is 221 Å². The van der Waals surface area contributed by atoms with Crippen molar-refractivity contribution in [2.75, 3.05) is 17.7 Å². The van der Waals surface area contributed by atoms with Crippen LogP contribution in [0.5, 0.6) is 5.75 Å². The van der Waals surface area contributed by atoms with Crippen molar-refractivity contribution in [3.05, 3.63) is 88.7 Å².